The maximum atomic E-state index is 13.6. The summed E-state index contributed by atoms with van der Waals surface area (Å²) in [6.45, 7) is 9.38. The number of rotatable bonds is 1. The first-order valence-corrected chi connectivity index (χ1v) is 7.86. The van der Waals surface area contributed by atoms with Gasteiger partial charge in [0.25, 0.3) is 0 Å². The molecule has 0 unspecified atom stereocenters. The van der Waals surface area contributed by atoms with E-state index in [1.165, 1.54) is 25.7 Å². The fourth-order valence-corrected chi connectivity index (χ4v) is 3.08. The van der Waals surface area contributed by atoms with Crippen LogP contribution in [0.2, 0.25) is 0 Å². The number of carbonyl (C=O) groups is 1. The Morgan fingerprint density at radius 3 is 2.04 bits per heavy atom. The summed E-state index contributed by atoms with van der Waals surface area (Å²) in [5, 5.41) is 10.5. The van der Waals surface area contributed by atoms with Crippen LogP contribution in [0.3, 0.4) is 0 Å². The highest BCUT2D eigenvalue weighted by Crippen LogP contribution is 2.50. The SMILES string of the molecule is CC(C)(C)OC(=O)N1CCC[C@H]([C@@](O)(C(C)(C)C)C(F)(F)F)C1. The van der Waals surface area contributed by atoms with Crippen LogP contribution in [0.1, 0.15) is 54.4 Å². The highest BCUT2D eigenvalue weighted by Gasteiger charge is 2.64. The Kier molecular flexibility index (Phi) is 5.36. The highest BCUT2D eigenvalue weighted by molar-refractivity contribution is 5.68. The molecule has 1 amide bonds. The van der Waals surface area contributed by atoms with Gasteiger partial charge in [0.15, 0.2) is 5.60 Å². The first-order valence-electron chi connectivity index (χ1n) is 7.86. The molecule has 7 heteroatoms. The Morgan fingerprint density at radius 2 is 1.65 bits per heavy atom. The summed E-state index contributed by atoms with van der Waals surface area (Å²) in [6, 6.07) is 0. The fraction of sp³-hybridized carbons (Fsp3) is 0.938. The molecule has 1 rings (SSSR count). The van der Waals surface area contributed by atoms with E-state index in [0.29, 0.717) is 13.0 Å². The van der Waals surface area contributed by atoms with E-state index >= 15 is 0 Å². The number of carbonyl (C=O) groups excluding carboxylic acids is 1. The molecule has 0 saturated carbocycles. The van der Waals surface area contributed by atoms with Crippen molar-refractivity contribution in [3.63, 3.8) is 0 Å². The molecule has 0 spiro atoms. The third-order valence-electron chi connectivity index (χ3n) is 4.24. The zero-order valence-electron chi connectivity index (χ0n) is 14.8. The lowest BCUT2D eigenvalue weighted by Gasteiger charge is -2.49. The predicted octanol–water partition coefficient (Wildman–Crippen LogP) is 3.97. The molecule has 136 valence electrons. The average Bonchev–Trinajstić information content (AvgIpc) is 2.33. The van der Waals surface area contributed by atoms with Crippen molar-refractivity contribution in [2.75, 3.05) is 13.1 Å². The minimum atomic E-state index is -4.77. The topological polar surface area (TPSA) is 49.8 Å². The molecule has 1 aliphatic heterocycles. The summed E-state index contributed by atoms with van der Waals surface area (Å²) in [5.74, 6) is -1.08. The quantitative estimate of drug-likeness (QED) is 0.786. The molecule has 0 aromatic heterocycles. The van der Waals surface area contributed by atoms with Crippen molar-refractivity contribution in [3.8, 4) is 0 Å². The van der Waals surface area contributed by atoms with Gasteiger partial charge in [-0.05, 0) is 39.0 Å². The zero-order chi connectivity index (χ0) is 18.3. The predicted molar refractivity (Wildman–Crippen MR) is 81.0 cm³/mol. The molecule has 0 bridgehead atoms. The standard InChI is InChI=1S/C16H28F3NO3/c1-13(2,3)15(22,16(17,18)19)11-8-7-9-20(10-11)12(21)23-14(4,5)6/h11,22H,7-10H2,1-6H3/t11-,15+/m0/s1. The maximum absolute atomic E-state index is 13.6. The minimum Gasteiger partial charge on any atom is -0.444 e. The summed E-state index contributed by atoms with van der Waals surface area (Å²) >= 11 is 0. The van der Waals surface area contributed by atoms with Crippen LogP contribution in [0.25, 0.3) is 0 Å². The van der Waals surface area contributed by atoms with Gasteiger partial charge in [0.05, 0.1) is 0 Å². The van der Waals surface area contributed by atoms with E-state index < -0.39 is 34.8 Å². The maximum Gasteiger partial charge on any atom is 0.418 e. The van der Waals surface area contributed by atoms with Crippen molar-refractivity contribution in [3.05, 3.63) is 0 Å². The molecule has 0 radical (unpaired) electrons. The molecular weight excluding hydrogens is 311 g/mol. The van der Waals surface area contributed by atoms with Crippen molar-refractivity contribution >= 4 is 6.09 Å². The Labute approximate surface area is 136 Å². The number of hydrogen-bond acceptors (Lipinski definition) is 3. The second-order valence-electron chi connectivity index (χ2n) is 8.28. The normalized spacial score (nSPS) is 23.4. The Hall–Kier alpha value is -0.980. The van der Waals surface area contributed by atoms with Crippen LogP contribution in [-0.4, -0.2) is 46.6 Å². The van der Waals surface area contributed by atoms with Gasteiger partial charge in [0.1, 0.15) is 5.60 Å². The second-order valence-corrected chi connectivity index (χ2v) is 8.28. The summed E-state index contributed by atoms with van der Waals surface area (Å²) in [7, 11) is 0. The first-order chi connectivity index (χ1) is 10.1. The van der Waals surface area contributed by atoms with Crippen molar-refractivity contribution in [1.29, 1.82) is 0 Å². The van der Waals surface area contributed by atoms with Gasteiger partial charge in [-0.2, -0.15) is 13.2 Å². The molecule has 4 nitrogen and oxygen atoms in total. The Morgan fingerprint density at radius 1 is 1.13 bits per heavy atom. The van der Waals surface area contributed by atoms with Gasteiger partial charge in [-0.15, -0.1) is 0 Å². The molecule has 1 saturated heterocycles. The largest absolute Gasteiger partial charge is 0.444 e. The van der Waals surface area contributed by atoms with Crippen LogP contribution < -0.4 is 0 Å². The molecule has 1 heterocycles. The van der Waals surface area contributed by atoms with Crippen LogP contribution in [0, 0.1) is 11.3 Å². The molecule has 1 fully saturated rings. The molecule has 0 aliphatic carbocycles. The number of alkyl halides is 3. The molecule has 23 heavy (non-hydrogen) atoms. The lowest BCUT2D eigenvalue weighted by atomic mass is 9.66. The first kappa shape index (κ1) is 20.1. The van der Waals surface area contributed by atoms with Gasteiger partial charge < -0.3 is 14.7 Å². The van der Waals surface area contributed by atoms with Crippen molar-refractivity contribution in [2.24, 2.45) is 11.3 Å². The summed E-state index contributed by atoms with van der Waals surface area (Å²) in [5.41, 5.74) is -4.97. The van der Waals surface area contributed by atoms with Gasteiger partial charge in [-0.3, -0.25) is 0 Å². The van der Waals surface area contributed by atoms with Gasteiger partial charge in [-0.1, -0.05) is 20.8 Å². The minimum absolute atomic E-state index is 0.164. The van der Waals surface area contributed by atoms with Crippen LogP contribution in [0.15, 0.2) is 0 Å². The second kappa shape index (κ2) is 6.15. The number of hydrogen-bond donors (Lipinski definition) is 1. The van der Waals surface area contributed by atoms with E-state index in [0.717, 1.165) is 0 Å². The van der Waals surface area contributed by atoms with E-state index in [1.54, 1.807) is 20.8 Å². The van der Waals surface area contributed by atoms with Gasteiger partial charge in [0.2, 0.25) is 0 Å². The Bertz CT molecular complexity index is 421. The molecular formula is C16H28F3NO3. The highest BCUT2D eigenvalue weighted by atomic mass is 19.4. The molecule has 1 N–H and O–H groups in total. The van der Waals surface area contributed by atoms with E-state index in [9.17, 15) is 23.1 Å². The van der Waals surface area contributed by atoms with Crippen LogP contribution in [0.5, 0.6) is 0 Å². The monoisotopic (exact) mass is 339 g/mol. The van der Waals surface area contributed by atoms with E-state index in [-0.39, 0.29) is 13.0 Å². The molecule has 0 aromatic carbocycles. The number of piperidine rings is 1. The number of nitrogens with zero attached hydrogens (tertiary/aromatic N) is 1. The number of ether oxygens (including phenoxy) is 1. The third kappa shape index (κ3) is 4.31. The van der Waals surface area contributed by atoms with Crippen molar-refractivity contribution < 1.29 is 27.8 Å². The zero-order valence-corrected chi connectivity index (χ0v) is 14.8. The van der Waals surface area contributed by atoms with Crippen LogP contribution in [0.4, 0.5) is 18.0 Å². The Balaban J connectivity index is 3.02. The average molecular weight is 339 g/mol. The van der Waals surface area contributed by atoms with E-state index in [2.05, 4.69) is 0 Å². The number of likely N-dealkylation sites (tertiary alicyclic amines) is 1. The van der Waals surface area contributed by atoms with E-state index in [1.807, 2.05) is 0 Å². The molecule has 1 aliphatic rings. The van der Waals surface area contributed by atoms with Gasteiger partial charge in [-0.25, -0.2) is 4.79 Å². The number of aliphatic hydroxyl groups is 1. The van der Waals surface area contributed by atoms with Crippen LogP contribution >= 0.6 is 0 Å². The number of amides is 1. The number of halogens is 3. The van der Waals surface area contributed by atoms with E-state index in [4.69, 9.17) is 4.74 Å². The summed E-state index contributed by atoms with van der Waals surface area (Å²) in [6.07, 6.45) is -4.79. The molecule has 0 aromatic rings. The van der Waals surface area contributed by atoms with Crippen LogP contribution in [-0.2, 0) is 4.74 Å². The lowest BCUT2D eigenvalue weighted by Crippen LogP contribution is -2.63. The molecule has 2 atom stereocenters. The van der Waals surface area contributed by atoms with Gasteiger partial charge in [0, 0.05) is 19.0 Å². The van der Waals surface area contributed by atoms with Crippen molar-refractivity contribution in [1.82, 2.24) is 4.90 Å². The third-order valence-corrected chi connectivity index (χ3v) is 4.24. The van der Waals surface area contributed by atoms with Crippen molar-refractivity contribution in [2.45, 2.75) is 71.8 Å². The fourth-order valence-electron chi connectivity index (χ4n) is 3.08. The smallest absolute Gasteiger partial charge is 0.418 e. The summed E-state index contributed by atoms with van der Waals surface area (Å²) < 4.78 is 46.0. The van der Waals surface area contributed by atoms with Gasteiger partial charge >= 0.3 is 12.3 Å². The lowest BCUT2D eigenvalue weighted by molar-refractivity contribution is -0.318. The summed E-state index contributed by atoms with van der Waals surface area (Å²) in [4.78, 5) is 13.4.